The maximum absolute atomic E-state index is 13.1. The summed E-state index contributed by atoms with van der Waals surface area (Å²) in [7, 11) is 0. The molecule has 1 aromatic heterocycles. The Morgan fingerprint density at radius 1 is 1.09 bits per heavy atom. The number of aryl methyl sites for hydroxylation is 1. The van der Waals surface area contributed by atoms with Gasteiger partial charge in [0.1, 0.15) is 17.1 Å². The Balaban J connectivity index is 1.68. The van der Waals surface area contributed by atoms with Crippen molar-refractivity contribution in [3.8, 4) is 11.3 Å². The van der Waals surface area contributed by atoms with Crippen LogP contribution in [0.5, 0.6) is 0 Å². The number of nitro groups is 1. The molecule has 1 N–H and O–H groups in total. The number of thiocarbonyl (C=S) groups is 1. The Hall–Kier alpha value is -4.11. The second-order valence-electron chi connectivity index (χ2n) is 6.95. The van der Waals surface area contributed by atoms with Gasteiger partial charge in [-0.05, 0) is 60.6 Å². The zero-order chi connectivity index (χ0) is 22.8. The van der Waals surface area contributed by atoms with E-state index in [1.165, 1.54) is 23.1 Å². The third kappa shape index (κ3) is 3.93. The number of carbonyl (C=O) groups excluding carboxylic acids is 2. The van der Waals surface area contributed by atoms with E-state index in [4.69, 9.17) is 16.6 Å². The molecule has 8 nitrogen and oxygen atoms in total. The Bertz CT molecular complexity index is 1280. The van der Waals surface area contributed by atoms with Gasteiger partial charge in [-0.15, -0.1) is 0 Å². The van der Waals surface area contributed by atoms with Crippen LogP contribution in [0, 0.1) is 10.1 Å². The van der Waals surface area contributed by atoms with Crippen molar-refractivity contribution in [2.45, 2.75) is 13.3 Å². The highest BCUT2D eigenvalue weighted by atomic mass is 32.1. The SMILES string of the molecule is CCc1ccc(N2C(=O)C(=Cc3ccc(-c4ccccc4[N+](=O)[O-])o3)C(=O)NC2=S)cc1. The number of benzene rings is 2. The Morgan fingerprint density at radius 3 is 2.50 bits per heavy atom. The van der Waals surface area contributed by atoms with E-state index in [2.05, 4.69) is 5.32 Å². The average molecular weight is 447 g/mol. The Kier molecular flexibility index (Phi) is 5.65. The van der Waals surface area contributed by atoms with E-state index in [0.29, 0.717) is 11.3 Å². The van der Waals surface area contributed by atoms with Crippen LogP contribution in [0.1, 0.15) is 18.2 Å². The van der Waals surface area contributed by atoms with Crippen LogP contribution >= 0.6 is 12.2 Å². The molecule has 0 saturated carbocycles. The maximum atomic E-state index is 13.1. The van der Waals surface area contributed by atoms with Gasteiger partial charge >= 0.3 is 0 Å². The third-order valence-corrected chi connectivity index (χ3v) is 5.27. The molecule has 160 valence electrons. The number of amides is 2. The largest absolute Gasteiger partial charge is 0.456 e. The summed E-state index contributed by atoms with van der Waals surface area (Å²) in [5.74, 6) is -0.794. The predicted octanol–water partition coefficient (Wildman–Crippen LogP) is 4.25. The van der Waals surface area contributed by atoms with Crippen molar-refractivity contribution in [3.05, 3.63) is 87.7 Å². The standard InChI is InChI=1S/C23H17N3O5S/c1-2-14-7-9-15(10-8-14)25-22(28)18(21(27)24-23(25)32)13-16-11-12-20(31-16)17-5-3-4-6-19(17)26(29)30/h3-13H,2H2,1H3,(H,24,27,32). The molecule has 9 heteroatoms. The molecule has 1 aliphatic rings. The summed E-state index contributed by atoms with van der Waals surface area (Å²) in [6.07, 6.45) is 2.14. The zero-order valence-corrected chi connectivity index (χ0v) is 17.7. The number of para-hydroxylation sites is 1. The van der Waals surface area contributed by atoms with Crippen molar-refractivity contribution in [3.63, 3.8) is 0 Å². The smallest absolute Gasteiger partial charge is 0.280 e. The van der Waals surface area contributed by atoms with Crippen LogP contribution in [0.4, 0.5) is 11.4 Å². The number of nitrogens with zero attached hydrogens (tertiary/aromatic N) is 2. The summed E-state index contributed by atoms with van der Waals surface area (Å²) in [5, 5.41) is 13.8. The Morgan fingerprint density at radius 2 is 1.81 bits per heavy atom. The van der Waals surface area contributed by atoms with E-state index < -0.39 is 16.7 Å². The van der Waals surface area contributed by atoms with E-state index in [-0.39, 0.29) is 27.9 Å². The molecule has 2 amide bonds. The molecule has 0 spiro atoms. The molecule has 4 rings (SSSR count). The van der Waals surface area contributed by atoms with Crippen molar-refractivity contribution in [1.29, 1.82) is 0 Å². The van der Waals surface area contributed by atoms with E-state index in [1.54, 1.807) is 36.4 Å². The molecule has 0 aliphatic carbocycles. The highest BCUT2D eigenvalue weighted by Crippen LogP contribution is 2.32. The molecule has 3 aromatic rings. The highest BCUT2D eigenvalue weighted by Gasteiger charge is 2.34. The number of carbonyl (C=O) groups is 2. The maximum Gasteiger partial charge on any atom is 0.280 e. The summed E-state index contributed by atoms with van der Waals surface area (Å²) >= 11 is 5.21. The van der Waals surface area contributed by atoms with Gasteiger partial charge in [-0.1, -0.05) is 31.2 Å². The number of hydrogen-bond donors (Lipinski definition) is 1. The van der Waals surface area contributed by atoms with Gasteiger partial charge in [0.2, 0.25) is 0 Å². The molecule has 1 saturated heterocycles. The van der Waals surface area contributed by atoms with Crippen molar-refractivity contribution in [2.24, 2.45) is 0 Å². The van der Waals surface area contributed by atoms with E-state index >= 15 is 0 Å². The van der Waals surface area contributed by atoms with E-state index in [0.717, 1.165) is 12.0 Å². The molecule has 0 bridgehead atoms. The quantitative estimate of drug-likeness (QED) is 0.206. The van der Waals surface area contributed by atoms with Gasteiger partial charge in [0.05, 0.1) is 16.2 Å². The minimum absolute atomic E-state index is 0.0126. The van der Waals surface area contributed by atoms with Crippen LogP contribution in [-0.2, 0) is 16.0 Å². The summed E-state index contributed by atoms with van der Waals surface area (Å²) in [6, 6.07) is 16.5. The van der Waals surface area contributed by atoms with Crippen LogP contribution < -0.4 is 10.2 Å². The first kappa shape index (κ1) is 21.1. The minimum Gasteiger partial charge on any atom is -0.456 e. The first-order chi connectivity index (χ1) is 15.4. The van der Waals surface area contributed by atoms with Crippen molar-refractivity contribution < 1.29 is 18.9 Å². The molecule has 2 heterocycles. The van der Waals surface area contributed by atoms with Crippen LogP contribution in [0.25, 0.3) is 17.4 Å². The van der Waals surface area contributed by atoms with Gasteiger partial charge in [0.15, 0.2) is 5.11 Å². The molecule has 0 radical (unpaired) electrons. The van der Waals surface area contributed by atoms with Gasteiger partial charge in [0, 0.05) is 6.07 Å². The third-order valence-electron chi connectivity index (χ3n) is 4.98. The van der Waals surface area contributed by atoms with Gasteiger partial charge in [-0.25, -0.2) is 0 Å². The molecule has 32 heavy (non-hydrogen) atoms. The lowest BCUT2D eigenvalue weighted by atomic mass is 10.1. The van der Waals surface area contributed by atoms with Crippen molar-refractivity contribution >= 4 is 46.6 Å². The van der Waals surface area contributed by atoms with Crippen molar-refractivity contribution in [2.75, 3.05) is 4.90 Å². The van der Waals surface area contributed by atoms with Gasteiger partial charge in [-0.3, -0.25) is 29.9 Å². The number of nitrogens with one attached hydrogen (secondary N) is 1. The number of furan rings is 1. The predicted molar refractivity (Wildman–Crippen MR) is 123 cm³/mol. The summed E-state index contributed by atoms with van der Waals surface area (Å²) in [6.45, 7) is 2.02. The topological polar surface area (TPSA) is 106 Å². The molecule has 2 aromatic carbocycles. The monoisotopic (exact) mass is 447 g/mol. The van der Waals surface area contributed by atoms with Crippen LogP contribution in [0.2, 0.25) is 0 Å². The number of anilines is 1. The van der Waals surface area contributed by atoms with Gasteiger partial charge < -0.3 is 4.42 Å². The lowest BCUT2D eigenvalue weighted by molar-refractivity contribution is -0.384. The Labute approximate surface area is 188 Å². The fraction of sp³-hybridized carbons (Fsp3) is 0.0870. The van der Waals surface area contributed by atoms with E-state index in [9.17, 15) is 19.7 Å². The van der Waals surface area contributed by atoms with Crippen LogP contribution in [0.3, 0.4) is 0 Å². The fourth-order valence-electron chi connectivity index (χ4n) is 3.33. The lowest BCUT2D eigenvalue weighted by Gasteiger charge is -2.28. The highest BCUT2D eigenvalue weighted by molar-refractivity contribution is 7.80. The second kappa shape index (κ2) is 8.56. The molecule has 1 aliphatic heterocycles. The lowest BCUT2D eigenvalue weighted by Crippen LogP contribution is -2.54. The second-order valence-corrected chi connectivity index (χ2v) is 7.34. The van der Waals surface area contributed by atoms with Crippen molar-refractivity contribution in [1.82, 2.24) is 5.32 Å². The normalized spacial score (nSPS) is 15.2. The molecular formula is C23H17N3O5S. The molecule has 1 fully saturated rings. The fourth-order valence-corrected chi connectivity index (χ4v) is 3.61. The zero-order valence-electron chi connectivity index (χ0n) is 16.9. The number of rotatable bonds is 5. The van der Waals surface area contributed by atoms with Crippen LogP contribution in [-0.4, -0.2) is 21.9 Å². The molecule has 0 unspecified atom stereocenters. The first-order valence-electron chi connectivity index (χ1n) is 9.73. The van der Waals surface area contributed by atoms with Gasteiger partial charge in [0.25, 0.3) is 17.5 Å². The summed E-state index contributed by atoms with van der Waals surface area (Å²) in [4.78, 5) is 37.6. The average Bonchev–Trinajstić information content (AvgIpc) is 3.25. The minimum atomic E-state index is -0.648. The van der Waals surface area contributed by atoms with E-state index in [1.807, 2.05) is 19.1 Å². The number of nitro benzene ring substituents is 1. The summed E-state index contributed by atoms with van der Waals surface area (Å²) < 4.78 is 5.69. The summed E-state index contributed by atoms with van der Waals surface area (Å²) in [5.41, 5.74) is 1.65. The molecular weight excluding hydrogens is 430 g/mol. The first-order valence-corrected chi connectivity index (χ1v) is 10.1. The molecule has 0 atom stereocenters. The van der Waals surface area contributed by atoms with Crippen LogP contribution in [0.15, 0.2) is 70.7 Å². The van der Waals surface area contributed by atoms with Gasteiger partial charge in [-0.2, -0.15) is 0 Å². The number of hydrogen-bond acceptors (Lipinski definition) is 6.